The summed E-state index contributed by atoms with van der Waals surface area (Å²) in [6.45, 7) is 4.96. The number of fused-ring (bicyclic) bond motifs is 1. The average molecular weight is 478 g/mol. The maximum absolute atomic E-state index is 13.6. The standard InChI is InChI=1S/C26H25F2N5O2/c1-17(18-4-8-21(27)9-5-18)30-25(19-6-10-22(28)11-7-19)32(2)16-24(34)33-13-12-23-20(15-33)14-29-26(31-23)35-3/h4-11,14H,1,12-13,15-16H2,2-3H3. The van der Waals surface area contributed by atoms with Crippen LogP contribution in [0.3, 0.4) is 0 Å². The summed E-state index contributed by atoms with van der Waals surface area (Å²) in [5.41, 5.74) is 3.40. The van der Waals surface area contributed by atoms with Gasteiger partial charge >= 0.3 is 6.01 Å². The Bertz CT molecular complexity index is 1260. The molecule has 1 amide bonds. The molecule has 0 saturated carbocycles. The van der Waals surface area contributed by atoms with Gasteiger partial charge in [-0.05, 0) is 54.1 Å². The van der Waals surface area contributed by atoms with Crippen LogP contribution in [0.25, 0.3) is 5.70 Å². The normalized spacial score (nSPS) is 13.3. The lowest BCUT2D eigenvalue weighted by Crippen LogP contribution is -2.43. The van der Waals surface area contributed by atoms with E-state index in [1.807, 2.05) is 0 Å². The van der Waals surface area contributed by atoms with Gasteiger partial charge in [0.25, 0.3) is 0 Å². The Morgan fingerprint density at radius 2 is 1.74 bits per heavy atom. The molecule has 4 rings (SSSR count). The number of rotatable bonds is 6. The van der Waals surface area contributed by atoms with E-state index in [4.69, 9.17) is 4.74 Å². The highest BCUT2D eigenvalue weighted by Gasteiger charge is 2.24. The molecule has 0 unspecified atom stereocenters. The summed E-state index contributed by atoms with van der Waals surface area (Å²) in [5.74, 6) is -0.400. The molecule has 2 aromatic carbocycles. The molecule has 0 aliphatic carbocycles. The van der Waals surface area contributed by atoms with Gasteiger partial charge in [0.2, 0.25) is 5.91 Å². The van der Waals surface area contributed by atoms with Gasteiger partial charge < -0.3 is 14.5 Å². The number of likely N-dealkylation sites (N-methyl/N-ethyl adjacent to an activating group) is 1. The number of amidine groups is 1. The fourth-order valence-electron chi connectivity index (χ4n) is 3.79. The molecular formula is C26H25F2N5O2. The van der Waals surface area contributed by atoms with E-state index in [-0.39, 0.29) is 24.1 Å². The van der Waals surface area contributed by atoms with Crippen LogP contribution in [-0.2, 0) is 17.8 Å². The van der Waals surface area contributed by atoms with Crippen LogP contribution >= 0.6 is 0 Å². The Morgan fingerprint density at radius 1 is 1.11 bits per heavy atom. The third-order valence-electron chi connectivity index (χ3n) is 5.70. The molecule has 0 radical (unpaired) electrons. The molecule has 7 nitrogen and oxygen atoms in total. The van der Waals surface area contributed by atoms with Gasteiger partial charge in [-0.1, -0.05) is 6.58 Å². The second kappa shape index (κ2) is 10.4. The number of amides is 1. The van der Waals surface area contributed by atoms with E-state index in [2.05, 4.69) is 21.5 Å². The first-order valence-corrected chi connectivity index (χ1v) is 11.0. The fourth-order valence-corrected chi connectivity index (χ4v) is 3.79. The van der Waals surface area contributed by atoms with Crippen molar-refractivity contribution in [3.8, 4) is 6.01 Å². The minimum absolute atomic E-state index is 0.0409. The van der Waals surface area contributed by atoms with E-state index in [1.54, 1.807) is 47.3 Å². The number of benzene rings is 2. The van der Waals surface area contributed by atoms with E-state index < -0.39 is 0 Å². The van der Waals surface area contributed by atoms with E-state index in [0.717, 1.165) is 11.3 Å². The molecule has 1 aromatic heterocycles. The number of aliphatic imine (C=N–C) groups is 1. The lowest BCUT2D eigenvalue weighted by molar-refractivity contribution is -0.132. The van der Waals surface area contributed by atoms with Crippen molar-refractivity contribution in [2.24, 2.45) is 4.99 Å². The molecule has 0 atom stereocenters. The fraction of sp³-hybridized carbons (Fsp3) is 0.231. The number of hydrogen-bond donors (Lipinski definition) is 0. The Hall–Kier alpha value is -4.14. The first-order valence-electron chi connectivity index (χ1n) is 11.0. The molecule has 3 aromatic rings. The predicted octanol–water partition coefficient (Wildman–Crippen LogP) is 3.70. The van der Waals surface area contributed by atoms with Crippen molar-refractivity contribution in [1.29, 1.82) is 0 Å². The van der Waals surface area contributed by atoms with E-state index >= 15 is 0 Å². The summed E-state index contributed by atoms with van der Waals surface area (Å²) >= 11 is 0. The summed E-state index contributed by atoms with van der Waals surface area (Å²) in [6.07, 6.45) is 2.28. The molecule has 0 bridgehead atoms. The number of methoxy groups -OCH3 is 1. The monoisotopic (exact) mass is 477 g/mol. The first-order chi connectivity index (χ1) is 16.8. The van der Waals surface area contributed by atoms with Crippen LogP contribution in [0, 0.1) is 11.6 Å². The van der Waals surface area contributed by atoms with Gasteiger partial charge in [0.1, 0.15) is 17.5 Å². The number of aromatic nitrogens is 2. The van der Waals surface area contributed by atoms with Gasteiger partial charge in [-0.3, -0.25) is 4.79 Å². The van der Waals surface area contributed by atoms with Crippen molar-refractivity contribution in [3.63, 3.8) is 0 Å². The van der Waals surface area contributed by atoms with Crippen molar-refractivity contribution in [3.05, 3.63) is 95.3 Å². The van der Waals surface area contributed by atoms with Crippen LogP contribution in [0.1, 0.15) is 22.4 Å². The third-order valence-corrected chi connectivity index (χ3v) is 5.70. The lowest BCUT2D eigenvalue weighted by Gasteiger charge is -2.30. The zero-order chi connectivity index (χ0) is 24.9. The molecule has 0 N–H and O–H groups in total. The zero-order valence-electron chi connectivity index (χ0n) is 19.5. The molecule has 2 heterocycles. The number of carbonyl (C=O) groups is 1. The Morgan fingerprint density at radius 3 is 2.37 bits per heavy atom. The molecule has 1 aliphatic rings. The van der Waals surface area contributed by atoms with Crippen molar-refractivity contribution in [2.45, 2.75) is 13.0 Å². The van der Waals surface area contributed by atoms with Crippen LogP contribution in [0.15, 0.2) is 66.3 Å². The molecule has 9 heteroatoms. The van der Waals surface area contributed by atoms with Crippen molar-refractivity contribution in [2.75, 3.05) is 27.2 Å². The van der Waals surface area contributed by atoms with Gasteiger partial charge in [0.15, 0.2) is 0 Å². The van der Waals surface area contributed by atoms with Gasteiger partial charge in [-0.2, -0.15) is 4.98 Å². The highest BCUT2D eigenvalue weighted by Crippen LogP contribution is 2.20. The maximum atomic E-state index is 13.6. The van der Waals surface area contributed by atoms with Crippen LogP contribution < -0.4 is 4.74 Å². The third kappa shape index (κ3) is 5.68. The lowest BCUT2D eigenvalue weighted by atomic mass is 10.1. The number of ether oxygens (including phenoxy) is 1. The summed E-state index contributed by atoms with van der Waals surface area (Å²) in [6, 6.07) is 12.0. The molecule has 0 fully saturated rings. The van der Waals surface area contributed by atoms with E-state index in [1.165, 1.54) is 31.4 Å². The Kier molecular flexibility index (Phi) is 7.14. The van der Waals surface area contributed by atoms with E-state index in [0.29, 0.717) is 48.2 Å². The summed E-state index contributed by atoms with van der Waals surface area (Å²) in [7, 11) is 3.26. The Balaban J connectivity index is 1.54. The zero-order valence-corrected chi connectivity index (χ0v) is 19.5. The number of nitrogens with zero attached hydrogens (tertiary/aromatic N) is 5. The first kappa shape index (κ1) is 24.0. The summed E-state index contributed by atoms with van der Waals surface area (Å²) in [5, 5.41) is 0. The largest absolute Gasteiger partial charge is 0.467 e. The second-order valence-electron chi connectivity index (χ2n) is 8.15. The molecular weight excluding hydrogens is 452 g/mol. The molecule has 0 saturated heterocycles. The smallest absolute Gasteiger partial charge is 0.316 e. The highest BCUT2D eigenvalue weighted by molar-refractivity contribution is 6.03. The van der Waals surface area contributed by atoms with Gasteiger partial charge in [-0.25, -0.2) is 18.8 Å². The minimum atomic E-state index is -0.380. The van der Waals surface area contributed by atoms with Crippen molar-refractivity contribution in [1.82, 2.24) is 19.8 Å². The second-order valence-corrected chi connectivity index (χ2v) is 8.15. The van der Waals surface area contributed by atoms with Crippen LogP contribution in [-0.4, -0.2) is 58.8 Å². The number of carbonyl (C=O) groups excluding carboxylic acids is 1. The maximum Gasteiger partial charge on any atom is 0.316 e. The van der Waals surface area contributed by atoms with Gasteiger partial charge in [0, 0.05) is 43.9 Å². The average Bonchev–Trinajstić information content (AvgIpc) is 2.87. The van der Waals surface area contributed by atoms with Gasteiger partial charge in [-0.15, -0.1) is 0 Å². The number of halogens is 2. The number of hydrogen-bond acceptors (Lipinski definition) is 5. The Labute approximate surface area is 202 Å². The van der Waals surface area contributed by atoms with Crippen molar-refractivity contribution >= 4 is 17.4 Å². The van der Waals surface area contributed by atoms with Crippen LogP contribution in [0.5, 0.6) is 6.01 Å². The van der Waals surface area contributed by atoms with Crippen molar-refractivity contribution < 1.29 is 18.3 Å². The SMILES string of the molecule is C=C(N=C(c1ccc(F)cc1)N(C)CC(=O)N1CCc2nc(OC)ncc2C1)c1ccc(F)cc1. The molecule has 35 heavy (non-hydrogen) atoms. The topological polar surface area (TPSA) is 70.9 Å². The minimum Gasteiger partial charge on any atom is -0.467 e. The molecule has 0 spiro atoms. The summed E-state index contributed by atoms with van der Waals surface area (Å²) in [4.78, 5) is 29.7. The molecule has 1 aliphatic heterocycles. The van der Waals surface area contributed by atoms with Crippen LogP contribution in [0.2, 0.25) is 0 Å². The van der Waals surface area contributed by atoms with Gasteiger partial charge in [0.05, 0.1) is 25.0 Å². The molecule has 180 valence electrons. The highest BCUT2D eigenvalue weighted by atomic mass is 19.1. The predicted molar refractivity (Wildman–Crippen MR) is 129 cm³/mol. The summed E-state index contributed by atoms with van der Waals surface area (Å²) < 4.78 is 32.0. The van der Waals surface area contributed by atoms with Crippen LogP contribution in [0.4, 0.5) is 8.78 Å². The van der Waals surface area contributed by atoms with E-state index in [9.17, 15) is 13.6 Å². The quantitative estimate of drug-likeness (QED) is 0.400.